The molecule has 1 N–H and O–H groups in total. The third-order valence-electron chi connectivity index (χ3n) is 3.89. The molecule has 17 heavy (non-hydrogen) atoms. The number of halogens is 1. The summed E-state index contributed by atoms with van der Waals surface area (Å²) in [6.07, 6.45) is 3.90. The Kier molecular flexibility index (Phi) is 3.98. The predicted octanol–water partition coefficient (Wildman–Crippen LogP) is 4.89. The lowest BCUT2D eigenvalue weighted by molar-refractivity contribution is 0.276. The largest absolute Gasteiger partial charge is 0.381 e. The summed E-state index contributed by atoms with van der Waals surface area (Å²) in [6.45, 7) is 6.80. The van der Waals surface area contributed by atoms with Crippen LogP contribution >= 0.6 is 11.6 Å². The number of hydrogen-bond donors (Lipinski definition) is 1. The van der Waals surface area contributed by atoms with E-state index in [0.29, 0.717) is 6.04 Å². The first-order valence-corrected chi connectivity index (χ1v) is 6.96. The molecule has 0 radical (unpaired) electrons. The summed E-state index contributed by atoms with van der Waals surface area (Å²) in [4.78, 5) is 0. The molecule has 0 amide bonds. The SMILES string of the molecule is Cc1ccc(Cl)c(NC2CCC(C)CC2C)c1. The van der Waals surface area contributed by atoms with Gasteiger partial charge in [0.05, 0.1) is 10.7 Å². The Morgan fingerprint density at radius 2 is 2.00 bits per heavy atom. The van der Waals surface area contributed by atoms with E-state index in [4.69, 9.17) is 11.6 Å². The molecule has 1 nitrogen and oxygen atoms in total. The van der Waals surface area contributed by atoms with Crippen molar-refractivity contribution in [3.63, 3.8) is 0 Å². The Labute approximate surface area is 110 Å². The Morgan fingerprint density at radius 1 is 1.24 bits per heavy atom. The van der Waals surface area contributed by atoms with Crippen LogP contribution in [0.2, 0.25) is 5.02 Å². The fraction of sp³-hybridized carbons (Fsp3) is 0.600. The smallest absolute Gasteiger partial charge is 0.0637 e. The van der Waals surface area contributed by atoms with Crippen molar-refractivity contribution < 1.29 is 0 Å². The first-order valence-electron chi connectivity index (χ1n) is 6.59. The molecule has 1 fully saturated rings. The molecule has 1 aromatic rings. The van der Waals surface area contributed by atoms with Crippen molar-refractivity contribution >= 4 is 17.3 Å². The zero-order valence-corrected chi connectivity index (χ0v) is 11.7. The third kappa shape index (κ3) is 3.16. The van der Waals surface area contributed by atoms with Gasteiger partial charge in [0.2, 0.25) is 0 Å². The van der Waals surface area contributed by atoms with Crippen LogP contribution in [0.3, 0.4) is 0 Å². The van der Waals surface area contributed by atoms with E-state index in [2.05, 4.69) is 38.2 Å². The first-order chi connectivity index (χ1) is 8.06. The molecular formula is C15H22ClN. The van der Waals surface area contributed by atoms with Crippen LogP contribution in [0.5, 0.6) is 0 Å². The highest BCUT2D eigenvalue weighted by Crippen LogP contribution is 2.32. The zero-order chi connectivity index (χ0) is 12.4. The quantitative estimate of drug-likeness (QED) is 0.790. The van der Waals surface area contributed by atoms with E-state index in [1.165, 1.54) is 24.8 Å². The average molecular weight is 252 g/mol. The molecule has 0 saturated heterocycles. The number of anilines is 1. The second-order valence-electron chi connectivity index (χ2n) is 5.63. The van der Waals surface area contributed by atoms with Crippen LogP contribution in [0.25, 0.3) is 0 Å². The molecule has 2 rings (SSSR count). The standard InChI is InChI=1S/C15H22ClN/c1-10-5-7-14(12(3)8-10)17-15-9-11(2)4-6-13(15)16/h4,6,9-10,12,14,17H,5,7-8H2,1-3H3. The van der Waals surface area contributed by atoms with Crippen molar-refractivity contribution in [2.45, 2.75) is 46.1 Å². The van der Waals surface area contributed by atoms with Crippen LogP contribution in [0, 0.1) is 18.8 Å². The molecular weight excluding hydrogens is 230 g/mol. The fourth-order valence-electron chi connectivity index (χ4n) is 2.83. The average Bonchev–Trinajstić information content (AvgIpc) is 2.27. The molecule has 94 valence electrons. The van der Waals surface area contributed by atoms with Crippen LogP contribution in [0.15, 0.2) is 18.2 Å². The van der Waals surface area contributed by atoms with Crippen molar-refractivity contribution in [3.8, 4) is 0 Å². The van der Waals surface area contributed by atoms with Crippen LogP contribution in [0.4, 0.5) is 5.69 Å². The number of benzene rings is 1. The lowest BCUT2D eigenvalue weighted by Crippen LogP contribution is -2.33. The van der Waals surface area contributed by atoms with E-state index in [-0.39, 0.29) is 0 Å². The highest BCUT2D eigenvalue weighted by Gasteiger charge is 2.25. The maximum Gasteiger partial charge on any atom is 0.0637 e. The molecule has 0 bridgehead atoms. The van der Waals surface area contributed by atoms with Gasteiger partial charge in [-0.05, 0) is 55.7 Å². The van der Waals surface area contributed by atoms with Gasteiger partial charge in [0.15, 0.2) is 0 Å². The molecule has 2 heteroatoms. The Morgan fingerprint density at radius 3 is 2.71 bits per heavy atom. The Balaban J connectivity index is 2.07. The highest BCUT2D eigenvalue weighted by molar-refractivity contribution is 6.33. The number of hydrogen-bond acceptors (Lipinski definition) is 1. The van der Waals surface area contributed by atoms with E-state index in [0.717, 1.165) is 22.5 Å². The van der Waals surface area contributed by atoms with E-state index in [1.54, 1.807) is 0 Å². The summed E-state index contributed by atoms with van der Waals surface area (Å²) in [6, 6.07) is 6.76. The summed E-state index contributed by atoms with van der Waals surface area (Å²) >= 11 is 6.23. The van der Waals surface area contributed by atoms with Gasteiger partial charge >= 0.3 is 0 Å². The molecule has 0 aromatic heterocycles. The number of nitrogens with one attached hydrogen (secondary N) is 1. The second-order valence-corrected chi connectivity index (χ2v) is 6.04. The first kappa shape index (κ1) is 12.8. The molecule has 3 unspecified atom stereocenters. The molecule has 1 aromatic carbocycles. The zero-order valence-electron chi connectivity index (χ0n) is 11.0. The summed E-state index contributed by atoms with van der Waals surface area (Å²) in [5.41, 5.74) is 2.35. The molecule has 1 aliphatic carbocycles. The van der Waals surface area contributed by atoms with Crippen LogP contribution in [0.1, 0.15) is 38.7 Å². The van der Waals surface area contributed by atoms with Gasteiger partial charge < -0.3 is 5.32 Å². The minimum absolute atomic E-state index is 0.575. The maximum absolute atomic E-state index is 6.23. The monoisotopic (exact) mass is 251 g/mol. The Hall–Kier alpha value is -0.690. The minimum Gasteiger partial charge on any atom is -0.381 e. The van der Waals surface area contributed by atoms with Gasteiger partial charge in [-0.25, -0.2) is 0 Å². The molecule has 0 aliphatic heterocycles. The van der Waals surface area contributed by atoms with Gasteiger partial charge in [0, 0.05) is 6.04 Å². The van der Waals surface area contributed by atoms with Crippen LogP contribution < -0.4 is 5.32 Å². The topological polar surface area (TPSA) is 12.0 Å². The van der Waals surface area contributed by atoms with E-state index >= 15 is 0 Å². The summed E-state index contributed by atoms with van der Waals surface area (Å²) < 4.78 is 0. The van der Waals surface area contributed by atoms with E-state index < -0.39 is 0 Å². The fourth-order valence-corrected chi connectivity index (χ4v) is 3.00. The third-order valence-corrected chi connectivity index (χ3v) is 4.22. The van der Waals surface area contributed by atoms with E-state index in [9.17, 15) is 0 Å². The van der Waals surface area contributed by atoms with Crippen LogP contribution in [-0.4, -0.2) is 6.04 Å². The summed E-state index contributed by atoms with van der Waals surface area (Å²) in [7, 11) is 0. The molecule has 0 heterocycles. The van der Waals surface area contributed by atoms with Gasteiger partial charge in [-0.3, -0.25) is 0 Å². The van der Waals surface area contributed by atoms with Crippen molar-refractivity contribution in [1.29, 1.82) is 0 Å². The molecule has 0 spiro atoms. The molecule has 1 saturated carbocycles. The highest BCUT2D eigenvalue weighted by atomic mass is 35.5. The van der Waals surface area contributed by atoms with Gasteiger partial charge in [0.1, 0.15) is 0 Å². The van der Waals surface area contributed by atoms with Crippen LogP contribution in [-0.2, 0) is 0 Å². The lowest BCUT2D eigenvalue weighted by Gasteiger charge is -2.34. The van der Waals surface area contributed by atoms with Gasteiger partial charge in [-0.15, -0.1) is 0 Å². The normalized spacial score (nSPS) is 29.1. The van der Waals surface area contributed by atoms with Gasteiger partial charge in [-0.2, -0.15) is 0 Å². The van der Waals surface area contributed by atoms with Crippen molar-refractivity contribution in [3.05, 3.63) is 28.8 Å². The predicted molar refractivity (Wildman–Crippen MR) is 75.8 cm³/mol. The van der Waals surface area contributed by atoms with Crippen molar-refractivity contribution in [2.24, 2.45) is 11.8 Å². The van der Waals surface area contributed by atoms with E-state index in [1.807, 2.05) is 6.07 Å². The van der Waals surface area contributed by atoms with Gasteiger partial charge in [-0.1, -0.05) is 31.5 Å². The van der Waals surface area contributed by atoms with Crippen molar-refractivity contribution in [1.82, 2.24) is 0 Å². The Bertz CT molecular complexity index is 389. The molecule has 1 aliphatic rings. The second kappa shape index (κ2) is 5.30. The maximum atomic E-state index is 6.23. The number of aryl methyl sites for hydroxylation is 1. The summed E-state index contributed by atoms with van der Waals surface area (Å²) in [5.74, 6) is 1.60. The van der Waals surface area contributed by atoms with Gasteiger partial charge in [0.25, 0.3) is 0 Å². The summed E-state index contributed by atoms with van der Waals surface area (Å²) in [5, 5.41) is 4.46. The minimum atomic E-state index is 0.575. The number of rotatable bonds is 2. The van der Waals surface area contributed by atoms with Crippen molar-refractivity contribution in [2.75, 3.05) is 5.32 Å². The molecule has 3 atom stereocenters. The lowest BCUT2D eigenvalue weighted by atomic mass is 9.80.